The summed E-state index contributed by atoms with van der Waals surface area (Å²) in [5.74, 6) is 1.52. The van der Waals surface area contributed by atoms with Crippen LogP contribution in [0.2, 0.25) is 18.1 Å². The molecule has 0 spiro atoms. The molecular weight excluding hydrogens is 436 g/mol. The monoisotopic (exact) mass is 480 g/mol. The van der Waals surface area contributed by atoms with Gasteiger partial charge in [0.25, 0.3) is 10.1 Å². The summed E-state index contributed by atoms with van der Waals surface area (Å²) in [5.41, 5.74) is 2.03. The van der Waals surface area contributed by atoms with Crippen molar-refractivity contribution in [2.45, 2.75) is 109 Å². The van der Waals surface area contributed by atoms with Crippen LogP contribution in [0.5, 0.6) is 0 Å². The zero-order valence-electron chi connectivity index (χ0n) is 21.0. The molecule has 182 valence electrons. The predicted octanol–water partition coefficient (Wildman–Crippen LogP) is 7.03. The number of hydrogen-bond acceptors (Lipinski definition) is 3. The fraction of sp³-hybridized carbons (Fsp3) is 0.769. The minimum Gasteiger partial charge on any atom is -0.414 e. The van der Waals surface area contributed by atoms with Crippen LogP contribution >= 0.6 is 0 Å². The van der Waals surface area contributed by atoms with Crippen LogP contribution in [0.25, 0.3) is 0 Å². The quantitative estimate of drug-likeness (QED) is 0.304. The standard InChI is InChI=1S/C26H44O4SSi/c1-7-32(8-2,9-3)30-24-11-10-16-26(6)22(13-14-23(24)26)20(5)18-21-17-19(4)12-15-25(21)31(27,28)29/h12,15,17,20,22-24H,7-11,13-14,16,18H2,1-6H3,(H,27,28,29)/t20?,22-,23-,24-,26+/m1/s1. The molecule has 0 bridgehead atoms. The zero-order valence-corrected chi connectivity index (χ0v) is 22.8. The van der Waals surface area contributed by atoms with E-state index in [1.807, 2.05) is 13.0 Å². The summed E-state index contributed by atoms with van der Waals surface area (Å²) in [6.07, 6.45) is 7.15. The Balaban J connectivity index is 1.82. The van der Waals surface area contributed by atoms with Gasteiger partial charge in [0.15, 0.2) is 8.32 Å². The van der Waals surface area contributed by atoms with Gasteiger partial charge < -0.3 is 4.43 Å². The Morgan fingerprint density at radius 2 is 1.81 bits per heavy atom. The molecule has 1 aromatic rings. The lowest BCUT2D eigenvalue weighted by Crippen LogP contribution is -2.48. The highest BCUT2D eigenvalue weighted by Crippen LogP contribution is 2.59. The predicted molar refractivity (Wildman–Crippen MR) is 134 cm³/mol. The summed E-state index contributed by atoms with van der Waals surface area (Å²) in [4.78, 5) is 0.0733. The van der Waals surface area contributed by atoms with Crippen molar-refractivity contribution in [2.24, 2.45) is 23.2 Å². The van der Waals surface area contributed by atoms with Gasteiger partial charge in [-0.05, 0) is 92.0 Å². The smallest absolute Gasteiger partial charge is 0.294 e. The van der Waals surface area contributed by atoms with Gasteiger partial charge in [0, 0.05) is 6.10 Å². The topological polar surface area (TPSA) is 63.6 Å². The number of hydrogen-bond donors (Lipinski definition) is 1. The third-order valence-electron chi connectivity index (χ3n) is 9.19. The molecule has 32 heavy (non-hydrogen) atoms. The first-order valence-corrected chi connectivity index (χ1v) is 16.7. The number of fused-ring (bicyclic) bond motifs is 1. The third kappa shape index (κ3) is 5.03. The minimum absolute atomic E-state index is 0.0733. The average molecular weight is 481 g/mol. The van der Waals surface area contributed by atoms with Gasteiger partial charge in [-0.1, -0.05) is 58.7 Å². The molecule has 0 aromatic heterocycles. The maximum Gasteiger partial charge on any atom is 0.294 e. The number of rotatable bonds is 9. The first-order valence-electron chi connectivity index (χ1n) is 12.7. The Morgan fingerprint density at radius 3 is 2.41 bits per heavy atom. The fourth-order valence-electron chi connectivity index (χ4n) is 7.17. The molecule has 0 radical (unpaired) electrons. The van der Waals surface area contributed by atoms with Crippen molar-refractivity contribution in [3.05, 3.63) is 29.3 Å². The molecular formula is C26H44O4SSi. The van der Waals surface area contributed by atoms with Crippen molar-refractivity contribution in [1.29, 1.82) is 0 Å². The molecule has 5 atom stereocenters. The molecule has 0 heterocycles. The molecule has 3 rings (SSSR count). The van der Waals surface area contributed by atoms with Gasteiger partial charge in [0.1, 0.15) is 0 Å². The molecule has 1 N–H and O–H groups in total. The van der Waals surface area contributed by atoms with E-state index in [-0.39, 0.29) is 10.3 Å². The molecule has 4 nitrogen and oxygen atoms in total. The van der Waals surface area contributed by atoms with E-state index in [4.69, 9.17) is 4.43 Å². The Labute approximate surface area is 197 Å². The van der Waals surface area contributed by atoms with Crippen molar-refractivity contribution in [1.82, 2.24) is 0 Å². The van der Waals surface area contributed by atoms with Gasteiger partial charge in [-0.25, -0.2) is 0 Å². The lowest BCUT2D eigenvalue weighted by Gasteiger charge is -2.49. The number of aryl methyl sites for hydroxylation is 1. The second kappa shape index (κ2) is 9.89. The van der Waals surface area contributed by atoms with E-state index in [2.05, 4.69) is 34.6 Å². The zero-order chi connectivity index (χ0) is 23.7. The van der Waals surface area contributed by atoms with Crippen molar-refractivity contribution in [3.8, 4) is 0 Å². The van der Waals surface area contributed by atoms with Crippen LogP contribution in [0.1, 0.15) is 77.8 Å². The van der Waals surface area contributed by atoms with E-state index in [9.17, 15) is 13.0 Å². The highest BCUT2D eigenvalue weighted by molar-refractivity contribution is 7.85. The molecule has 1 aromatic carbocycles. The molecule has 2 saturated carbocycles. The van der Waals surface area contributed by atoms with Gasteiger partial charge in [0.2, 0.25) is 0 Å². The molecule has 6 heteroatoms. The van der Waals surface area contributed by atoms with Crippen molar-refractivity contribution in [2.75, 3.05) is 0 Å². The Bertz CT molecular complexity index is 887. The summed E-state index contributed by atoms with van der Waals surface area (Å²) in [7, 11) is -5.85. The Kier molecular flexibility index (Phi) is 8.01. The van der Waals surface area contributed by atoms with Crippen LogP contribution in [0.3, 0.4) is 0 Å². The SMILES string of the molecule is CC[Si](CC)(CC)O[C@@H]1CCC[C@@]2(C)[C@@H](C(C)Cc3cc(C)ccc3S(=O)(=O)O)CC[C@H]12. The summed E-state index contributed by atoms with van der Waals surface area (Å²) in [6, 6.07) is 8.85. The van der Waals surface area contributed by atoms with Crippen LogP contribution in [0.4, 0.5) is 0 Å². The molecule has 2 fully saturated rings. The maximum atomic E-state index is 12.0. The highest BCUT2D eigenvalue weighted by Gasteiger charge is 2.54. The van der Waals surface area contributed by atoms with Gasteiger partial charge in [-0.15, -0.1) is 0 Å². The second-order valence-corrected chi connectivity index (χ2v) is 17.0. The van der Waals surface area contributed by atoms with E-state index < -0.39 is 18.4 Å². The van der Waals surface area contributed by atoms with Crippen LogP contribution in [0.15, 0.2) is 23.1 Å². The van der Waals surface area contributed by atoms with Crippen LogP contribution < -0.4 is 0 Å². The molecule has 2 aliphatic carbocycles. The minimum atomic E-state index is -4.21. The molecule has 2 aliphatic rings. The maximum absolute atomic E-state index is 12.0. The molecule has 0 aliphatic heterocycles. The van der Waals surface area contributed by atoms with Crippen LogP contribution in [-0.4, -0.2) is 27.4 Å². The van der Waals surface area contributed by atoms with Gasteiger partial charge in [-0.3, -0.25) is 4.55 Å². The Morgan fingerprint density at radius 1 is 1.16 bits per heavy atom. The van der Waals surface area contributed by atoms with E-state index >= 15 is 0 Å². The van der Waals surface area contributed by atoms with E-state index in [0.29, 0.717) is 30.3 Å². The third-order valence-corrected chi connectivity index (χ3v) is 14.8. The fourth-order valence-corrected chi connectivity index (χ4v) is 10.8. The van der Waals surface area contributed by atoms with Gasteiger partial charge in [-0.2, -0.15) is 8.42 Å². The first-order chi connectivity index (χ1) is 15.0. The van der Waals surface area contributed by atoms with Crippen LogP contribution in [0, 0.1) is 30.1 Å². The average Bonchev–Trinajstić information content (AvgIpc) is 3.09. The largest absolute Gasteiger partial charge is 0.414 e. The van der Waals surface area contributed by atoms with Crippen molar-refractivity contribution in [3.63, 3.8) is 0 Å². The molecule has 1 unspecified atom stereocenters. The lowest BCUT2D eigenvalue weighted by molar-refractivity contribution is -0.0193. The highest BCUT2D eigenvalue weighted by atomic mass is 32.2. The van der Waals surface area contributed by atoms with E-state index in [1.165, 1.54) is 50.2 Å². The second-order valence-electron chi connectivity index (χ2n) is 10.9. The normalized spacial score (nSPS) is 29.7. The summed E-state index contributed by atoms with van der Waals surface area (Å²) in [5, 5.41) is 0. The van der Waals surface area contributed by atoms with E-state index in [1.54, 1.807) is 12.1 Å². The van der Waals surface area contributed by atoms with Crippen LogP contribution in [-0.2, 0) is 21.0 Å². The van der Waals surface area contributed by atoms with Gasteiger partial charge in [0.05, 0.1) is 4.90 Å². The molecule has 0 amide bonds. The number of benzene rings is 1. The van der Waals surface area contributed by atoms with E-state index in [0.717, 1.165) is 11.1 Å². The summed E-state index contributed by atoms with van der Waals surface area (Å²) < 4.78 is 40.7. The lowest BCUT2D eigenvalue weighted by atomic mass is 9.61. The summed E-state index contributed by atoms with van der Waals surface area (Å²) in [6.45, 7) is 13.7. The van der Waals surface area contributed by atoms with Crippen molar-refractivity contribution >= 4 is 18.4 Å². The molecule has 0 saturated heterocycles. The van der Waals surface area contributed by atoms with Gasteiger partial charge >= 0.3 is 0 Å². The summed E-state index contributed by atoms with van der Waals surface area (Å²) >= 11 is 0. The Hall–Kier alpha value is -0.693. The first kappa shape index (κ1) is 25.9. The van der Waals surface area contributed by atoms with Crippen molar-refractivity contribution < 1.29 is 17.4 Å².